The van der Waals surface area contributed by atoms with Crippen LogP contribution in [0.5, 0.6) is 5.75 Å². The van der Waals surface area contributed by atoms with Crippen LogP contribution in [0, 0.1) is 6.92 Å². The Morgan fingerprint density at radius 2 is 2.04 bits per heavy atom. The second kappa shape index (κ2) is 9.32. The lowest BCUT2D eigenvalue weighted by atomic mass is 9.97. The number of piperazine rings is 1. The molecule has 0 bridgehead atoms. The van der Waals surface area contributed by atoms with Crippen LogP contribution in [0.3, 0.4) is 0 Å². The van der Waals surface area contributed by atoms with Gasteiger partial charge >= 0.3 is 0 Å². The molecule has 7 nitrogen and oxygen atoms in total. The molecule has 1 aliphatic heterocycles. The van der Waals surface area contributed by atoms with Crippen LogP contribution in [0.1, 0.15) is 29.8 Å². The van der Waals surface area contributed by atoms with Crippen molar-refractivity contribution in [3.05, 3.63) is 57.8 Å². The number of likely N-dealkylation sites (N-methyl/N-ethyl adjacent to an activating group) is 1. The first-order valence-corrected chi connectivity index (χ1v) is 9.85. The first-order chi connectivity index (χ1) is 13.6. The highest BCUT2D eigenvalue weighted by Crippen LogP contribution is 2.32. The van der Waals surface area contributed by atoms with Crippen LogP contribution < -0.4 is 5.56 Å². The second-order valence-electron chi connectivity index (χ2n) is 7.19. The number of methoxy groups -OCH3 is 1. The van der Waals surface area contributed by atoms with Crippen LogP contribution in [0.15, 0.2) is 35.4 Å². The third kappa shape index (κ3) is 4.27. The van der Waals surface area contributed by atoms with E-state index in [-0.39, 0.29) is 17.4 Å². The molecule has 7 heteroatoms. The monoisotopic (exact) mass is 386 g/mol. The molecule has 0 aliphatic carbocycles. The number of hydrogen-bond acceptors (Lipinski definition) is 6. The van der Waals surface area contributed by atoms with Gasteiger partial charge in [0.25, 0.3) is 5.56 Å². The number of aryl methyl sites for hydroxylation is 1. The van der Waals surface area contributed by atoms with E-state index in [1.54, 1.807) is 30.1 Å². The molecule has 2 aromatic heterocycles. The van der Waals surface area contributed by atoms with Crippen LogP contribution in [0.25, 0.3) is 0 Å². The van der Waals surface area contributed by atoms with Gasteiger partial charge < -0.3 is 19.3 Å². The minimum Gasteiger partial charge on any atom is -0.507 e. The molecule has 0 radical (unpaired) electrons. The minimum atomic E-state index is -0.324. The predicted octanol–water partition coefficient (Wildman–Crippen LogP) is 1.63. The molecule has 1 atom stereocenters. The van der Waals surface area contributed by atoms with E-state index in [9.17, 15) is 9.90 Å². The summed E-state index contributed by atoms with van der Waals surface area (Å²) in [7, 11) is 1.62. The summed E-state index contributed by atoms with van der Waals surface area (Å²) in [6.07, 6.45) is 3.51. The maximum atomic E-state index is 13.4. The van der Waals surface area contributed by atoms with Gasteiger partial charge in [0.15, 0.2) is 0 Å². The molecule has 1 fully saturated rings. The van der Waals surface area contributed by atoms with Gasteiger partial charge in [0.1, 0.15) is 5.75 Å². The molecule has 152 valence electrons. The molecule has 2 aromatic rings. The highest BCUT2D eigenvalue weighted by atomic mass is 16.5. The second-order valence-corrected chi connectivity index (χ2v) is 7.19. The van der Waals surface area contributed by atoms with Crippen molar-refractivity contribution in [2.24, 2.45) is 0 Å². The van der Waals surface area contributed by atoms with Gasteiger partial charge in [0.05, 0.1) is 18.2 Å². The average molecular weight is 386 g/mol. The summed E-state index contributed by atoms with van der Waals surface area (Å²) in [5.74, 6) is 0.0444. The number of ether oxygens (including phenoxy) is 1. The summed E-state index contributed by atoms with van der Waals surface area (Å²) in [5.41, 5.74) is 1.90. The zero-order chi connectivity index (χ0) is 20.1. The Balaban J connectivity index is 2.07. The van der Waals surface area contributed by atoms with Crippen LogP contribution in [-0.4, -0.2) is 70.9 Å². The summed E-state index contributed by atoms with van der Waals surface area (Å²) in [6, 6.07) is 5.20. The Hall–Kier alpha value is -2.22. The van der Waals surface area contributed by atoms with E-state index < -0.39 is 0 Å². The van der Waals surface area contributed by atoms with E-state index in [1.165, 1.54) is 0 Å². The van der Waals surface area contributed by atoms with Gasteiger partial charge in [-0.3, -0.25) is 14.7 Å². The van der Waals surface area contributed by atoms with Gasteiger partial charge in [0.2, 0.25) is 0 Å². The van der Waals surface area contributed by atoms with E-state index in [4.69, 9.17) is 4.74 Å². The number of aromatic hydroxyl groups is 1. The maximum Gasteiger partial charge on any atom is 0.259 e. The van der Waals surface area contributed by atoms with Crippen molar-refractivity contribution < 1.29 is 9.84 Å². The van der Waals surface area contributed by atoms with Crippen molar-refractivity contribution in [1.82, 2.24) is 19.4 Å². The van der Waals surface area contributed by atoms with Crippen molar-refractivity contribution in [1.29, 1.82) is 0 Å². The van der Waals surface area contributed by atoms with E-state index in [2.05, 4.69) is 21.7 Å². The molecule has 1 N–H and O–H groups in total. The fourth-order valence-electron chi connectivity index (χ4n) is 3.92. The number of pyridine rings is 2. The highest BCUT2D eigenvalue weighted by molar-refractivity contribution is 5.40. The highest BCUT2D eigenvalue weighted by Gasteiger charge is 2.31. The van der Waals surface area contributed by atoms with E-state index >= 15 is 0 Å². The summed E-state index contributed by atoms with van der Waals surface area (Å²) in [5, 5.41) is 10.8. The fraction of sp³-hybridized carbons (Fsp3) is 0.524. The van der Waals surface area contributed by atoms with Crippen LogP contribution >= 0.6 is 0 Å². The van der Waals surface area contributed by atoms with Crippen molar-refractivity contribution >= 4 is 0 Å². The molecule has 0 spiro atoms. The summed E-state index contributed by atoms with van der Waals surface area (Å²) in [6.45, 7) is 9.46. The Morgan fingerprint density at radius 1 is 1.29 bits per heavy atom. The van der Waals surface area contributed by atoms with E-state index in [0.29, 0.717) is 18.7 Å². The lowest BCUT2D eigenvalue weighted by Crippen LogP contribution is -2.48. The lowest BCUT2D eigenvalue weighted by molar-refractivity contribution is 0.111. The van der Waals surface area contributed by atoms with Gasteiger partial charge in [-0.25, -0.2) is 0 Å². The Bertz CT molecular complexity index is 830. The van der Waals surface area contributed by atoms with Crippen LogP contribution in [0.4, 0.5) is 0 Å². The van der Waals surface area contributed by atoms with E-state index in [0.717, 1.165) is 44.0 Å². The largest absolute Gasteiger partial charge is 0.507 e. The molecule has 3 rings (SSSR count). The summed E-state index contributed by atoms with van der Waals surface area (Å²) in [4.78, 5) is 22.3. The summed E-state index contributed by atoms with van der Waals surface area (Å²) < 4.78 is 6.85. The van der Waals surface area contributed by atoms with Gasteiger partial charge in [0, 0.05) is 57.9 Å². The summed E-state index contributed by atoms with van der Waals surface area (Å²) >= 11 is 0. The zero-order valence-electron chi connectivity index (χ0n) is 17.0. The maximum absolute atomic E-state index is 13.4. The molecule has 1 aliphatic rings. The van der Waals surface area contributed by atoms with Gasteiger partial charge in [-0.05, 0) is 31.2 Å². The zero-order valence-corrected chi connectivity index (χ0v) is 17.0. The van der Waals surface area contributed by atoms with Gasteiger partial charge in [-0.1, -0.05) is 13.0 Å². The smallest absolute Gasteiger partial charge is 0.259 e. The van der Waals surface area contributed by atoms with E-state index in [1.807, 2.05) is 19.1 Å². The quantitative estimate of drug-likeness (QED) is 0.780. The molecule has 1 saturated heterocycles. The molecule has 0 saturated carbocycles. The third-order valence-electron chi connectivity index (χ3n) is 5.53. The van der Waals surface area contributed by atoms with Crippen molar-refractivity contribution in [2.75, 3.05) is 46.4 Å². The average Bonchev–Trinajstić information content (AvgIpc) is 2.71. The Kier molecular flexibility index (Phi) is 6.83. The standard InChI is InChI=1S/C21H30N4O3/c1-4-23-8-10-24(11-9-23)20(17-6-5-7-22-15-17)19-18(26)14-16(2)25(21(19)27)12-13-28-3/h5-7,14-15,20,26H,4,8-13H2,1-3H3/t20-/m0/s1. The molecule has 0 aromatic carbocycles. The molecular weight excluding hydrogens is 356 g/mol. The molecule has 0 unspecified atom stereocenters. The predicted molar refractivity (Wildman–Crippen MR) is 109 cm³/mol. The minimum absolute atomic E-state index is 0.0444. The van der Waals surface area contributed by atoms with Crippen molar-refractivity contribution in [2.45, 2.75) is 26.4 Å². The van der Waals surface area contributed by atoms with Crippen LogP contribution in [0.2, 0.25) is 0 Å². The Labute approximate surface area is 166 Å². The molecule has 0 amide bonds. The Morgan fingerprint density at radius 3 is 2.64 bits per heavy atom. The van der Waals surface area contributed by atoms with Gasteiger partial charge in [-0.15, -0.1) is 0 Å². The number of rotatable bonds is 7. The SMILES string of the molecule is CCN1CCN([C@@H](c2cccnc2)c2c(O)cc(C)n(CCOC)c2=O)CC1. The number of aromatic nitrogens is 2. The first-order valence-electron chi connectivity index (χ1n) is 9.85. The van der Waals surface area contributed by atoms with Crippen molar-refractivity contribution in [3.63, 3.8) is 0 Å². The van der Waals surface area contributed by atoms with Crippen molar-refractivity contribution in [3.8, 4) is 5.75 Å². The first kappa shape index (κ1) is 20.5. The number of nitrogens with zero attached hydrogens (tertiary/aromatic N) is 4. The third-order valence-corrected chi connectivity index (χ3v) is 5.53. The normalized spacial score (nSPS) is 17.0. The topological polar surface area (TPSA) is 70.8 Å². The lowest BCUT2D eigenvalue weighted by Gasteiger charge is -2.39. The van der Waals surface area contributed by atoms with Crippen LogP contribution in [-0.2, 0) is 11.3 Å². The van der Waals surface area contributed by atoms with Gasteiger partial charge in [-0.2, -0.15) is 0 Å². The molecular formula is C21H30N4O3. The molecule has 3 heterocycles. The molecule has 28 heavy (non-hydrogen) atoms. The fourth-order valence-corrected chi connectivity index (χ4v) is 3.92. The number of hydrogen-bond donors (Lipinski definition) is 1.